The predicted molar refractivity (Wildman–Crippen MR) is 57.1 cm³/mol. The van der Waals surface area contributed by atoms with Crippen LogP contribution in [-0.2, 0) is 28.6 Å². The van der Waals surface area contributed by atoms with Crippen LogP contribution in [0, 0.1) is 0 Å². The van der Waals surface area contributed by atoms with E-state index in [9.17, 15) is 14.4 Å². The van der Waals surface area contributed by atoms with Crippen molar-refractivity contribution in [3.63, 3.8) is 0 Å². The van der Waals surface area contributed by atoms with Crippen LogP contribution in [0.5, 0.6) is 0 Å². The Morgan fingerprint density at radius 3 is 2.24 bits per heavy atom. The highest BCUT2D eigenvalue weighted by Crippen LogP contribution is 2.01. The fourth-order valence-corrected chi connectivity index (χ4v) is 1.12. The molecule has 0 aliphatic carbocycles. The third kappa shape index (κ3) is 6.52. The molecular formula is C10H17NO6. The highest BCUT2D eigenvalue weighted by molar-refractivity contribution is 5.85. The highest BCUT2D eigenvalue weighted by Gasteiger charge is 2.22. The summed E-state index contributed by atoms with van der Waals surface area (Å²) >= 11 is 0. The first-order valence-electron chi connectivity index (χ1n) is 4.98. The van der Waals surface area contributed by atoms with E-state index in [2.05, 4.69) is 19.5 Å². The molecule has 1 atom stereocenters. The van der Waals surface area contributed by atoms with Gasteiger partial charge in [0.05, 0.1) is 14.2 Å². The van der Waals surface area contributed by atoms with Crippen LogP contribution in [0.1, 0.15) is 12.8 Å². The van der Waals surface area contributed by atoms with Crippen molar-refractivity contribution in [3.8, 4) is 0 Å². The maximum atomic E-state index is 11.3. The molecule has 17 heavy (non-hydrogen) atoms. The van der Waals surface area contributed by atoms with E-state index in [4.69, 9.17) is 0 Å². The number of amides is 1. The van der Waals surface area contributed by atoms with Gasteiger partial charge in [-0.3, -0.25) is 9.59 Å². The summed E-state index contributed by atoms with van der Waals surface area (Å²) in [5.74, 6) is -1.52. The molecule has 1 unspecified atom stereocenters. The van der Waals surface area contributed by atoms with Crippen molar-refractivity contribution in [1.29, 1.82) is 0 Å². The van der Waals surface area contributed by atoms with Crippen LogP contribution in [0.25, 0.3) is 0 Å². The van der Waals surface area contributed by atoms with E-state index in [1.165, 1.54) is 21.3 Å². The smallest absolute Gasteiger partial charge is 0.328 e. The second-order valence-corrected chi connectivity index (χ2v) is 3.19. The third-order valence-corrected chi connectivity index (χ3v) is 1.96. The Morgan fingerprint density at radius 1 is 1.12 bits per heavy atom. The Labute approximate surface area is 99.4 Å². The van der Waals surface area contributed by atoms with Crippen LogP contribution < -0.4 is 5.32 Å². The zero-order chi connectivity index (χ0) is 13.3. The number of carbonyl (C=O) groups is 3. The summed E-state index contributed by atoms with van der Waals surface area (Å²) in [4.78, 5) is 33.5. The molecule has 0 fully saturated rings. The van der Waals surface area contributed by atoms with E-state index in [1.54, 1.807) is 0 Å². The van der Waals surface area contributed by atoms with Crippen molar-refractivity contribution in [2.24, 2.45) is 0 Å². The summed E-state index contributed by atoms with van der Waals surface area (Å²) in [5.41, 5.74) is 0. The monoisotopic (exact) mass is 247 g/mol. The molecule has 1 amide bonds. The minimum absolute atomic E-state index is 0.0174. The van der Waals surface area contributed by atoms with Gasteiger partial charge in [-0.25, -0.2) is 4.79 Å². The number of rotatable bonds is 7. The molecule has 7 nitrogen and oxygen atoms in total. The molecule has 0 aromatic rings. The first-order valence-corrected chi connectivity index (χ1v) is 4.98. The van der Waals surface area contributed by atoms with E-state index >= 15 is 0 Å². The third-order valence-electron chi connectivity index (χ3n) is 1.96. The lowest BCUT2D eigenvalue weighted by Gasteiger charge is -2.15. The number of esters is 2. The Morgan fingerprint density at radius 2 is 1.76 bits per heavy atom. The molecule has 0 radical (unpaired) electrons. The van der Waals surface area contributed by atoms with Crippen molar-refractivity contribution >= 4 is 17.8 Å². The molecule has 98 valence electrons. The molecule has 0 aliphatic rings. The fraction of sp³-hybridized carbons (Fsp3) is 0.700. The summed E-state index contributed by atoms with van der Waals surface area (Å²) in [5, 5.41) is 2.40. The average Bonchev–Trinajstić information content (AvgIpc) is 2.33. The van der Waals surface area contributed by atoms with Crippen molar-refractivity contribution in [2.45, 2.75) is 18.9 Å². The second-order valence-electron chi connectivity index (χ2n) is 3.19. The van der Waals surface area contributed by atoms with Gasteiger partial charge in [-0.05, 0) is 6.42 Å². The Kier molecular flexibility index (Phi) is 7.70. The van der Waals surface area contributed by atoms with E-state index < -0.39 is 23.9 Å². The minimum Gasteiger partial charge on any atom is -0.469 e. The maximum absolute atomic E-state index is 11.3. The molecule has 7 heteroatoms. The lowest BCUT2D eigenvalue weighted by molar-refractivity contribution is -0.146. The molecule has 0 bridgehead atoms. The number of hydrogen-bond acceptors (Lipinski definition) is 6. The quantitative estimate of drug-likeness (QED) is 0.595. The zero-order valence-corrected chi connectivity index (χ0v) is 10.1. The summed E-state index contributed by atoms with van der Waals surface area (Å²) in [6, 6.07) is -0.873. The summed E-state index contributed by atoms with van der Waals surface area (Å²) in [7, 11) is 3.82. The SMILES string of the molecule is COCC(=O)NC(CCC(=O)OC)C(=O)OC. The largest absolute Gasteiger partial charge is 0.469 e. The molecular weight excluding hydrogens is 230 g/mol. The molecule has 1 N–H and O–H groups in total. The number of methoxy groups -OCH3 is 3. The topological polar surface area (TPSA) is 90.9 Å². The predicted octanol–water partition coefficient (Wildman–Crippen LogP) is -0.756. The van der Waals surface area contributed by atoms with Gasteiger partial charge in [0.25, 0.3) is 0 Å². The molecule has 0 aliphatic heterocycles. The van der Waals surface area contributed by atoms with Crippen molar-refractivity contribution < 1.29 is 28.6 Å². The van der Waals surface area contributed by atoms with Crippen molar-refractivity contribution in [3.05, 3.63) is 0 Å². The van der Waals surface area contributed by atoms with Gasteiger partial charge < -0.3 is 19.5 Å². The molecule has 0 saturated carbocycles. The van der Waals surface area contributed by atoms with Gasteiger partial charge in [0.15, 0.2) is 0 Å². The molecule has 0 heterocycles. The van der Waals surface area contributed by atoms with Crippen LogP contribution in [0.4, 0.5) is 0 Å². The summed E-state index contributed by atoms with van der Waals surface area (Å²) in [6.45, 7) is -0.161. The average molecular weight is 247 g/mol. The van der Waals surface area contributed by atoms with Gasteiger partial charge in [0.1, 0.15) is 12.6 Å². The standard InChI is InChI=1S/C10H17NO6/c1-15-6-8(12)11-7(10(14)17-3)4-5-9(13)16-2/h7H,4-6H2,1-3H3,(H,11,12). The zero-order valence-electron chi connectivity index (χ0n) is 10.1. The van der Waals surface area contributed by atoms with Gasteiger partial charge in [0, 0.05) is 13.5 Å². The van der Waals surface area contributed by atoms with Gasteiger partial charge in [-0.2, -0.15) is 0 Å². The fourth-order valence-electron chi connectivity index (χ4n) is 1.12. The lowest BCUT2D eigenvalue weighted by atomic mass is 10.1. The van der Waals surface area contributed by atoms with Gasteiger partial charge in [-0.1, -0.05) is 0 Å². The Bertz CT molecular complexity index is 278. The maximum Gasteiger partial charge on any atom is 0.328 e. The van der Waals surface area contributed by atoms with Crippen LogP contribution in [0.2, 0.25) is 0 Å². The van der Waals surface area contributed by atoms with Gasteiger partial charge in [-0.15, -0.1) is 0 Å². The van der Waals surface area contributed by atoms with E-state index in [1.807, 2.05) is 0 Å². The van der Waals surface area contributed by atoms with E-state index in [-0.39, 0.29) is 19.4 Å². The molecule has 0 saturated heterocycles. The Hall–Kier alpha value is -1.63. The lowest BCUT2D eigenvalue weighted by Crippen LogP contribution is -2.43. The van der Waals surface area contributed by atoms with Crippen molar-refractivity contribution in [1.82, 2.24) is 5.32 Å². The number of nitrogens with one attached hydrogen (secondary N) is 1. The molecule has 0 aromatic carbocycles. The van der Waals surface area contributed by atoms with Crippen LogP contribution in [-0.4, -0.2) is 51.8 Å². The normalized spacial score (nSPS) is 11.5. The first kappa shape index (κ1) is 15.4. The first-order chi connectivity index (χ1) is 8.04. The highest BCUT2D eigenvalue weighted by atomic mass is 16.5. The summed E-state index contributed by atoms with van der Waals surface area (Å²) < 4.78 is 13.6. The van der Waals surface area contributed by atoms with Crippen LogP contribution >= 0.6 is 0 Å². The van der Waals surface area contributed by atoms with Gasteiger partial charge in [0.2, 0.25) is 5.91 Å². The molecule has 0 spiro atoms. The Balaban J connectivity index is 4.28. The molecule has 0 rings (SSSR count). The van der Waals surface area contributed by atoms with Crippen LogP contribution in [0.3, 0.4) is 0 Å². The summed E-state index contributed by atoms with van der Waals surface area (Å²) in [6.07, 6.45) is 0.137. The molecule has 0 aromatic heterocycles. The minimum atomic E-state index is -0.873. The van der Waals surface area contributed by atoms with Crippen molar-refractivity contribution in [2.75, 3.05) is 27.9 Å². The van der Waals surface area contributed by atoms with Gasteiger partial charge >= 0.3 is 11.9 Å². The van der Waals surface area contributed by atoms with E-state index in [0.29, 0.717) is 0 Å². The number of hydrogen-bond donors (Lipinski definition) is 1. The number of ether oxygens (including phenoxy) is 3. The number of carbonyl (C=O) groups excluding carboxylic acids is 3. The van der Waals surface area contributed by atoms with E-state index in [0.717, 1.165) is 0 Å². The van der Waals surface area contributed by atoms with Crippen LogP contribution in [0.15, 0.2) is 0 Å². The second kappa shape index (κ2) is 8.51.